The molecule has 300 valence electrons. The average molecular weight is 758 g/mol. The molecule has 7 nitrogen and oxygen atoms in total. The minimum atomic E-state index is -0.209. The molecule has 2 aliphatic rings. The van der Waals surface area contributed by atoms with E-state index in [1.165, 1.54) is 27.8 Å². The van der Waals surface area contributed by atoms with E-state index in [1.54, 1.807) is 0 Å². The second-order valence-electron chi connectivity index (χ2n) is 16.9. The van der Waals surface area contributed by atoms with E-state index < -0.39 is 0 Å². The Balaban J connectivity index is 1.25. The van der Waals surface area contributed by atoms with Gasteiger partial charge in [0.15, 0.2) is 0 Å². The Morgan fingerprint density at radius 2 is 1.41 bits per heavy atom. The first-order valence-electron chi connectivity index (χ1n) is 20.9. The molecule has 5 rings (SSSR count). The lowest BCUT2D eigenvalue weighted by molar-refractivity contribution is -0.137. The standard InChI is InChI=1S/C49H67N5O2/c1-7-8-10-15-39(2)28-32-51(37-46-19-14-31-54(46)48(56)47(50-6)49(3,4)5)34-41-20-24-43(25-21-41)44-26-22-42(23-27-44)35-52(33-29-40-16-11-9-12-17-40)36-45-18-13-30-53(45)38-55/h7-12,15-17,20-27,38,45-47,50H,2,13-14,18-19,28-37H2,1,3-6H3/b8-7-,15-10-/t45-,46?,47?/m0/s1. The molecule has 0 saturated carbocycles. The molecular weight excluding hydrogens is 691 g/mol. The summed E-state index contributed by atoms with van der Waals surface area (Å²) in [6, 6.07) is 29.0. The Labute approximate surface area is 338 Å². The second-order valence-corrected chi connectivity index (χ2v) is 16.9. The third-order valence-electron chi connectivity index (χ3n) is 11.6. The van der Waals surface area contributed by atoms with Gasteiger partial charge in [0.25, 0.3) is 0 Å². The van der Waals surface area contributed by atoms with Crippen LogP contribution in [-0.2, 0) is 29.1 Å². The van der Waals surface area contributed by atoms with Crippen molar-refractivity contribution in [1.29, 1.82) is 0 Å². The number of likely N-dealkylation sites (N-methyl/N-ethyl adjacent to an activating group) is 1. The first kappa shape index (κ1) is 42.8. The summed E-state index contributed by atoms with van der Waals surface area (Å²) in [6.07, 6.45) is 15.4. The number of hydrogen-bond donors (Lipinski definition) is 1. The molecule has 2 unspecified atom stereocenters. The van der Waals surface area contributed by atoms with E-state index in [9.17, 15) is 9.59 Å². The predicted octanol–water partition coefficient (Wildman–Crippen LogP) is 8.52. The number of amides is 2. The van der Waals surface area contributed by atoms with Gasteiger partial charge in [0.1, 0.15) is 0 Å². The van der Waals surface area contributed by atoms with Gasteiger partial charge in [-0.25, -0.2) is 0 Å². The van der Waals surface area contributed by atoms with Crippen molar-refractivity contribution in [3.8, 4) is 11.1 Å². The molecule has 2 aliphatic heterocycles. The van der Waals surface area contributed by atoms with Crippen molar-refractivity contribution in [3.63, 3.8) is 0 Å². The summed E-state index contributed by atoms with van der Waals surface area (Å²) in [7, 11) is 1.90. The van der Waals surface area contributed by atoms with Gasteiger partial charge in [-0.1, -0.05) is 136 Å². The van der Waals surface area contributed by atoms with Crippen LogP contribution in [0.5, 0.6) is 0 Å². The molecule has 2 fully saturated rings. The Bertz CT molecular complexity index is 1730. The molecule has 1 N–H and O–H groups in total. The van der Waals surface area contributed by atoms with E-state index in [4.69, 9.17) is 0 Å². The summed E-state index contributed by atoms with van der Waals surface area (Å²) in [5.41, 5.74) is 7.26. The third kappa shape index (κ3) is 12.6. The molecule has 7 heteroatoms. The van der Waals surface area contributed by atoms with E-state index in [0.29, 0.717) is 0 Å². The summed E-state index contributed by atoms with van der Waals surface area (Å²) in [6.45, 7) is 19.7. The molecule has 0 aliphatic carbocycles. The zero-order valence-electron chi connectivity index (χ0n) is 34.8. The first-order chi connectivity index (χ1) is 27.1. The molecule has 3 aromatic rings. The monoisotopic (exact) mass is 758 g/mol. The van der Waals surface area contributed by atoms with Crippen LogP contribution in [-0.4, -0.2) is 96.4 Å². The number of rotatable bonds is 20. The van der Waals surface area contributed by atoms with Crippen LogP contribution in [0, 0.1) is 5.41 Å². The molecule has 2 saturated heterocycles. The normalized spacial score (nSPS) is 18.2. The number of hydrogen-bond acceptors (Lipinski definition) is 5. The summed E-state index contributed by atoms with van der Waals surface area (Å²) < 4.78 is 0. The van der Waals surface area contributed by atoms with E-state index in [-0.39, 0.29) is 29.4 Å². The Kier molecular flexibility index (Phi) is 16.3. The van der Waals surface area contributed by atoms with Crippen molar-refractivity contribution in [1.82, 2.24) is 24.9 Å². The fourth-order valence-electron chi connectivity index (χ4n) is 8.41. The SMILES string of the molecule is C=C(/C=C\C=C/C)CCN(Cc1ccc(-c2ccc(CN(CCc3ccccc3)C[C@@H]3CCCN3C=O)cc2)cc1)CC1CCCN1C(=O)C(NC)C(C)(C)C. The van der Waals surface area contributed by atoms with Crippen molar-refractivity contribution in [2.45, 2.75) is 97.4 Å². The zero-order chi connectivity index (χ0) is 39.9. The summed E-state index contributed by atoms with van der Waals surface area (Å²) in [5, 5.41) is 3.31. The minimum absolute atomic E-state index is 0.157. The fourth-order valence-corrected chi connectivity index (χ4v) is 8.41. The van der Waals surface area contributed by atoms with Crippen LogP contribution in [0.2, 0.25) is 0 Å². The Morgan fingerprint density at radius 1 is 0.821 bits per heavy atom. The quantitative estimate of drug-likeness (QED) is 0.0926. The lowest BCUT2D eigenvalue weighted by Crippen LogP contribution is -2.54. The van der Waals surface area contributed by atoms with Gasteiger partial charge in [-0.05, 0) is 85.7 Å². The van der Waals surface area contributed by atoms with Crippen LogP contribution in [0.4, 0.5) is 0 Å². The molecule has 3 atom stereocenters. The number of carbonyl (C=O) groups excluding carboxylic acids is 2. The maximum Gasteiger partial charge on any atom is 0.240 e. The maximum atomic E-state index is 13.8. The summed E-state index contributed by atoms with van der Waals surface area (Å²) >= 11 is 0. The highest BCUT2D eigenvalue weighted by Crippen LogP contribution is 2.27. The van der Waals surface area contributed by atoms with Crippen LogP contribution in [0.1, 0.15) is 76.5 Å². The molecule has 0 aromatic heterocycles. The summed E-state index contributed by atoms with van der Waals surface area (Å²) in [4.78, 5) is 34.7. The van der Waals surface area contributed by atoms with E-state index in [2.05, 4.69) is 138 Å². The number of likely N-dealkylation sites (tertiary alicyclic amines) is 2. The van der Waals surface area contributed by atoms with E-state index >= 15 is 0 Å². The average Bonchev–Trinajstić information content (AvgIpc) is 3.86. The number of carbonyl (C=O) groups is 2. The predicted molar refractivity (Wildman–Crippen MR) is 233 cm³/mol. The van der Waals surface area contributed by atoms with Crippen molar-refractivity contribution in [2.75, 3.05) is 46.3 Å². The van der Waals surface area contributed by atoms with Gasteiger partial charge in [-0.3, -0.25) is 19.4 Å². The topological polar surface area (TPSA) is 59.1 Å². The van der Waals surface area contributed by atoms with Gasteiger partial charge in [-0.2, -0.15) is 0 Å². The second kappa shape index (κ2) is 21.3. The number of allylic oxidation sites excluding steroid dienone is 4. The summed E-state index contributed by atoms with van der Waals surface area (Å²) in [5.74, 6) is 0.217. The number of nitrogens with zero attached hydrogens (tertiary/aromatic N) is 4. The molecule has 2 heterocycles. The highest BCUT2D eigenvalue weighted by molar-refractivity contribution is 5.83. The van der Waals surface area contributed by atoms with Crippen LogP contribution in [0.15, 0.2) is 115 Å². The highest BCUT2D eigenvalue weighted by Gasteiger charge is 2.38. The largest absolute Gasteiger partial charge is 0.341 e. The number of benzene rings is 3. The third-order valence-corrected chi connectivity index (χ3v) is 11.6. The smallest absolute Gasteiger partial charge is 0.240 e. The van der Waals surface area contributed by atoms with Gasteiger partial charge in [0.05, 0.1) is 6.04 Å². The Hall–Kier alpha value is -4.30. The van der Waals surface area contributed by atoms with Gasteiger partial charge in [0, 0.05) is 64.4 Å². The van der Waals surface area contributed by atoms with Crippen LogP contribution in [0.25, 0.3) is 11.1 Å². The van der Waals surface area contributed by atoms with Crippen molar-refractivity contribution in [3.05, 3.63) is 132 Å². The van der Waals surface area contributed by atoms with E-state index in [1.807, 2.05) is 31.0 Å². The molecular formula is C49H67N5O2. The molecule has 0 spiro atoms. The first-order valence-corrected chi connectivity index (χ1v) is 20.9. The molecule has 0 bridgehead atoms. The van der Waals surface area contributed by atoms with Crippen LogP contribution >= 0.6 is 0 Å². The van der Waals surface area contributed by atoms with E-state index in [0.717, 1.165) is 103 Å². The van der Waals surface area contributed by atoms with Gasteiger partial charge in [0.2, 0.25) is 12.3 Å². The fraction of sp³-hybridized carbons (Fsp3) is 0.469. The minimum Gasteiger partial charge on any atom is -0.341 e. The van der Waals surface area contributed by atoms with Gasteiger partial charge >= 0.3 is 0 Å². The van der Waals surface area contributed by atoms with Crippen LogP contribution < -0.4 is 5.32 Å². The molecule has 2 amide bonds. The van der Waals surface area contributed by atoms with Crippen molar-refractivity contribution < 1.29 is 9.59 Å². The highest BCUT2D eigenvalue weighted by atomic mass is 16.2. The van der Waals surface area contributed by atoms with Gasteiger partial charge < -0.3 is 15.1 Å². The number of nitrogens with one attached hydrogen (secondary N) is 1. The molecule has 3 aromatic carbocycles. The Morgan fingerprint density at radius 3 is 2.00 bits per heavy atom. The molecule has 0 radical (unpaired) electrons. The zero-order valence-corrected chi connectivity index (χ0v) is 34.8. The van der Waals surface area contributed by atoms with Crippen LogP contribution in [0.3, 0.4) is 0 Å². The van der Waals surface area contributed by atoms with Gasteiger partial charge in [-0.15, -0.1) is 0 Å². The lowest BCUT2D eigenvalue weighted by Gasteiger charge is -2.37. The van der Waals surface area contributed by atoms with Crippen molar-refractivity contribution in [2.24, 2.45) is 5.41 Å². The lowest BCUT2D eigenvalue weighted by atomic mass is 9.86. The molecule has 56 heavy (non-hydrogen) atoms. The maximum absolute atomic E-state index is 13.8. The van der Waals surface area contributed by atoms with Crippen molar-refractivity contribution >= 4 is 12.3 Å².